The molecule has 0 aliphatic heterocycles. The van der Waals surface area contributed by atoms with Gasteiger partial charge in [-0.25, -0.2) is 4.98 Å². The van der Waals surface area contributed by atoms with E-state index in [9.17, 15) is 4.79 Å². The molecule has 0 unspecified atom stereocenters. The van der Waals surface area contributed by atoms with Gasteiger partial charge in [0.05, 0.1) is 17.4 Å². The van der Waals surface area contributed by atoms with Crippen LogP contribution in [0.5, 0.6) is 0 Å². The molecular formula is C17H23N3O. The number of hydrogen-bond acceptors (Lipinski definition) is 2. The molecule has 1 saturated carbocycles. The summed E-state index contributed by atoms with van der Waals surface area (Å²) in [6, 6.07) is 6.25. The smallest absolute Gasteiger partial charge is 0.254 e. The highest BCUT2D eigenvalue weighted by Gasteiger charge is 2.25. The van der Waals surface area contributed by atoms with Gasteiger partial charge in [-0.2, -0.15) is 0 Å². The quantitative estimate of drug-likeness (QED) is 0.867. The molecule has 0 atom stereocenters. The van der Waals surface area contributed by atoms with Gasteiger partial charge in [0, 0.05) is 25.2 Å². The van der Waals surface area contributed by atoms with E-state index >= 15 is 0 Å². The van der Waals surface area contributed by atoms with E-state index in [2.05, 4.69) is 11.9 Å². The van der Waals surface area contributed by atoms with Crippen LogP contribution in [0.1, 0.15) is 49.4 Å². The molecule has 1 fully saturated rings. The van der Waals surface area contributed by atoms with E-state index in [4.69, 9.17) is 0 Å². The van der Waals surface area contributed by atoms with Gasteiger partial charge >= 0.3 is 0 Å². The first-order valence-corrected chi connectivity index (χ1v) is 7.92. The number of nitrogens with zero attached hydrogens (tertiary/aromatic N) is 3. The largest absolute Gasteiger partial charge is 0.336 e. The topological polar surface area (TPSA) is 38.1 Å². The van der Waals surface area contributed by atoms with Crippen LogP contribution in [0.15, 0.2) is 24.5 Å². The predicted molar refractivity (Wildman–Crippen MR) is 84.3 cm³/mol. The molecule has 112 valence electrons. The fourth-order valence-corrected chi connectivity index (χ4v) is 3.40. The number of imidazole rings is 1. The van der Waals surface area contributed by atoms with E-state index < -0.39 is 0 Å². The van der Waals surface area contributed by atoms with Crippen molar-refractivity contribution in [1.29, 1.82) is 0 Å². The van der Waals surface area contributed by atoms with Crippen LogP contribution in [-0.4, -0.2) is 32.9 Å². The van der Waals surface area contributed by atoms with Crippen molar-refractivity contribution in [3.8, 4) is 0 Å². The van der Waals surface area contributed by atoms with Crippen LogP contribution in [-0.2, 0) is 7.05 Å². The average molecular weight is 285 g/mol. The molecular weight excluding hydrogens is 262 g/mol. The van der Waals surface area contributed by atoms with Crippen LogP contribution < -0.4 is 0 Å². The molecule has 0 spiro atoms. The van der Waals surface area contributed by atoms with Gasteiger partial charge in [0.1, 0.15) is 0 Å². The van der Waals surface area contributed by atoms with Gasteiger partial charge in [-0.1, -0.05) is 19.3 Å². The first-order valence-electron chi connectivity index (χ1n) is 7.92. The molecule has 1 aliphatic carbocycles. The third kappa shape index (κ3) is 2.67. The number of aryl methyl sites for hydroxylation is 1. The number of rotatable bonds is 3. The van der Waals surface area contributed by atoms with E-state index in [0.29, 0.717) is 6.04 Å². The maximum absolute atomic E-state index is 12.8. The molecule has 4 heteroatoms. The second-order valence-corrected chi connectivity index (χ2v) is 5.94. The third-order valence-electron chi connectivity index (χ3n) is 4.59. The lowest BCUT2D eigenvalue weighted by molar-refractivity contribution is 0.0648. The molecule has 1 aromatic heterocycles. The number of carbonyl (C=O) groups excluding carboxylic acids is 1. The summed E-state index contributed by atoms with van der Waals surface area (Å²) < 4.78 is 1.97. The Bertz CT molecular complexity index is 641. The molecule has 1 aromatic carbocycles. The predicted octanol–water partition coefficient (Wildman–Crippen LogP) is 3.37. The number of amides is 1. The summed E-state index contributed by atoms with van der Waals surface area (Å²) >= 11 is 0. The molecule has 1 aliphatic rings. The van der Waals surface area contributed by atoms with Gasteiger partial charge in [0.2, 0.25) is 0 Å². The summed E-state index contributed by atoms with van der Waals surface area (Å²) in [5.41, 5.74) is 2.71. The standard InChI is InChI=1S/C17H23N3O/c1-3-20(14-7-5-4-6-8-14)17(21)13-9-10-16-15(11-13)18-12-19(16)2/h9-12,14H,3-8H2,1-2H3. The van der Waals surface area contributed by atoms with Crippen molar-refractivity contribution in [2.45, 2.75) is 45.1 Å². The van der Waals surface area contributed by atoms with Gasteiger partial charge in [0.15, 0.2) is 0 Å². The van der Waals surface area contributed by atoms with Crippen molar-refractivity contribution in [3.63, 3.8) is 0 Å². The number of aromatic nitrogens is 2. The Balaban J connectivity index is 1.86. The lowest BCUT2D eigenvalue weighted by Gasteiger charge is -2.33. The van der Waals surface area contributed by atoms with E-state index in [-0.39, 0.29) is 5.91 Å². The summed E-state index contributed by atoms with van der Waals surface area (Å²) in [7, 11) is 1.97. The van der Waals surface area contributed by atoms with Gasteiger partial charge < -0.3 is 9.47 Å². The zero-order valence-corrected chi connectivity index (χ0v) is 12.9. The van der Waals surface area contributed by atoms with E-state index in [0.717, 1.165) is 36.0 Å². The molecule has 0 bridgehead atoms. The third-order valence-corrected chi connectivity index (χ3v) is 4.59. The Labute approximate surface area is 125 Å². The molecule has 2 aromatic rings. The monoisotopic (exact) mass is 285 g/mol. The van der Waals surface area contributed by atoms with Crippen LogP contribution in [0.3, 0.4) is 0 Å². The first-order chi connectivity index (χ1) is 10.2. The van der Waals surface area contributed by atoms with Crippen molar-refractivity contribution >= 4 is 16.9 Å². The highest BCUT2D eigenvalue weighted by molar-refractivity contribution is 5.97. The molecule has 0 saturated heterocycles. The summed E-state index contributed by atoms with van der Waals surface area (Å²) in [5.74, 6) is 0.150. The molecule has 21 heavy (non-hydrogen) atoms. The van der Waals surface area contributed by atoms with Crippen molar-refractivity contribution in [2.75, 3.05) is 6.54 Å². The Morgan fingerprint density at radius 2 is 2.10 bits per heavy atom. The highest BCUT2D eigenvalue weighted by Crippen LogP contribution is 2.24. The van der Waals surface area contributed by atoms with Crippen molar-refractivity contribution < 1.29 is 4.79 Å². The van der Waals surface area contributed by atoms with E-state index in [1.54, 1.807) is 6.33 Å². The fourth-order valence-electron chi connectivity index (χ4n) is 3.40. The average Bonchev–Trinajstić information content (AvgIpc) is 2.90. The summed E-state index contributed by atoms with van der Waals surface area (Å²) in [6.45, 7) is 2.86. The van der Waals surface area contributed by atoms with E-state index in [1.165, 1.54) is 19.3 Å². The van der Waals surface area contributed by atoms with Gasteiger partial charge in [0.25, 0.3) is 5.91 Å². The van der Waals surface area contributed by atoms with Crippen LogP contribution >= 0.6 is 0 Å². The minimum atomic E-state index is 0.150. The number of benzene rings is 1. The van der Waals surface area contributed by atoms with E-state index in [1.807, 2.05) is 34.7 Å². The summed E-state index contributed by atoms with van der Waals surface area (Å²) in [5, 5.41) is 0. The molecule has 0 N–H and O–H groups in total. The normalized spacial score (nSPS) is 16.3. The van der Waals surface area contributed by atoms with Crippen LogP contribution in [0, 0.1) is 0 Å². The number of hydrogen-bond donors (Lipinski definition) is 0. The van der Waals surface area contributed by atoms with Crippen LogP contribution in [0.2, 0.25) is 0 Å². The maximum atomic E-state index is 12.8. The molecule has 1 heterocycles. The Morgan fingerprint density at radius 3 is 2.81 bits per heavy atom. The zero-order valence-electron chi connectivity index (χ0n) is 12.9. The second kappa shape index (κ2) is 5.88. The zero-order chi connectivity index (χ0) is 14.8. The van der Waals surface area contributed by atoms with Crippen LogP contribution in [0.25, 0.3) is 11.0 Å². The lowest BCUT2D eigenvalue weighted by atomic mass is 9.93. The Hall–Kier alpha value is -1.84. The van der Waals surface area contributed by atoms with Crippen molar-refractivity contribution in [3.05, 3.63) is 30.1 Å². The SMILES string of the molecule is CCN(C(=O)c1ccc2c(c1)ncn2C)C1CCCCC1. The van der Waals surface area contributed by atoms with Crippen molar-refractivity contribution in [2.24, 2.45) is 7.05 Å². The summed E-state index contributed by atoms with van der Waals surface area (Å²) in [4.78, 5) is 19.2. The van der Waals surface area contributed by atoms with Gasteiger partial charge in [-0.05, 0) is 38.0 Å². The van der Waals surface area contributed by atoms with Crippen LogP contribution in [0.4, 0.5) is 0 Å². The molecule has 1 amide bonds. The lowest BCUT2D eigenvalue weighted by Crippen LogP contribution is -2.41. The van der Waals surface area contributed by atoms with Gasteiger partial charge in [-0.15, -0.1) is 0 Å². The van der Waals surface area contributed by atoms with Crippen molar-refractivity contribution in [1.82, 2.24) is 14.5 Å². The molecule has 0 radical (unpaired) electrons. The molecule has 3 rings (SSSR count). The molecule has 4 nitrogen and oxygen atoms in total. The first kappa shape index (κ1) is 14.1. The minimum Gasteiger partial charge on any atom is -0.336 e. The second-order valence-electron chi connectivity index (χ2n) is 5.94. The maximum Gasteiger partial charge on any atom is 0.254 e. The number of carbonyl (C=O) groups is 1. The fraction of sp³-hybridized carbons (Fsp3) is 0.529. The highest BCUT2D eigenvalue weighted by atomic mass is 16.2. The number of fused-ring (bicyclic) bond motifs is 1. The Kier molecular flexibility index (Phi) is 3.95. The summed E-state index contributed by atoms with van der Waals surface area (Å²) in [6.07, 6.45) is 7.87. The minimum absolute atomic E-state index is 0.150. The van der Waals surface area contributed by atoms with Gasteiger partial charge in [-0.3, -0.25) is 4.79 Å². The Morgan fingerprint density at radius 1 is 1.33 bits per heavy atom.